The molecule has 0 fully saturated rings. The van der Waals surface area contributed by atoms with Gasteiger partial charge in [0, 0.05) is 0 Å². The molecule has 2 N–H and O–H groups in total. The van der Waals surface area contributed by atoms with Gasteiger partial charge in [-0.15, -0.1) is 0 Å². The monoisotopic (exact) mass is 123 g/mol. The topological polar surface area (TPSA) is 26.0 Å². The zero-order chi connectivity index (χ0) is 6.53. The first-order valence-corrected chi connectivity index (χ1v) is 3.49. The smallest absolute Gasteiger partial charge is 0.00743 e. The fourth-order valence-electron chi connectivity index (χ4n) is 0.665. The molecular formula is C8H13N. The van der Waals surface area contributed by atoms with Crippen molar-refractivity contribution >= 4 is 0 Å². The van der Waals surface area contributed by atoms with Crippen LogP contribution in [0.25, 0.3) is 0 Å². The van der Waals surface area contributed by atoms with Crippen LogP contribution in [0.1, 0.15) is 19.3 Å². The van der Waals surface area contributed by atoms with E-state index in [1.807, 2.05) is 0 Å². The van der Waals surface area contributed by atoms with Crippen LogP contribution in [0.15, 0.2) is 23.8 Å². The summed E-state index contributed by atoms with van der Waals surface area (Å²) in [7, 11) is 0. The molecule has 0 atom stereocenters. The summed E-state index contributed by atoms with van der Waals surface area (Å²) in [4.78, 5) is 0. The van der Waals surface area contributed by atoms with Gasteiger partial charge in [-0.05, 0) is 31.4 Å². The molecule has 0 bridgehead atoms. The summed E-state index contributed by atoms with van der Waals surface area (Å²) in [6, 6.07) is 0. The standard InChI is InChI=1S/C8H13N/c9-7-3-1-2-4-8-5-6-8/h2,4-5H,1,3,6-7,9H2/b4-2+. The van der Waals surface area contributed by atoms with Crippen LogP contribution in [0.3, 0.4) is 0 Å². The van der Waals surface area contributed by atoms with Gasteiger partial charge in [-0.25, -0.2) is 0 Å². The van der Waals surface area contributed by atoms with Crippen molar-refractivity contribution < 1.29 is 0 Å². The molecule has 50 valence electrons. The van der Waals surface area contributed by atoms with Gasteiger partial charge in [-0.1, -0.05) is 18.2 Å². The average molecular weight is 123 g/mol. The maximum absolute atomic E-state index is 5.31. The van der Waals surface area contributed by atoms with E-state index in [0.717, 1.165) is 19.4 Å². The van der Waals surface area contributed by atoms with E-state index in [0.29, 0.717) is 0 Å². The number of unbranched alkanes of at least 4 members (excludes halogenated alkanes) is 1. The lowest BCUT2D eigenvalue weighted by molar-refractivity contribution is 0.855. The molecule has 1 nitrogen and oxygen atoms in total. The molecule has 0 saturated carbocycles. The van der Waals surface area contributed by atoms with Crippen LogP contribution in [0.5, 0.6) is 0 Å². The molecule has 0 saturated heterocycles. The molecule has 0 radical (unpaired) electrons. The quantitative estimate of drug-likeness (QED) is 0.565. The van der Waals surface area contributed by atoms with E-state index >= 15 is 0 Å². The van der Waals surface area contributed by atoms with Crippen LogP contribution < -0.4 is 5.73 Å². The first-order valence-electron chi connectivity index (χ1n) is 3.49. The van der Waals surface area contributed by atoms with Crippen LogP contribution in [0.2, 0.25) is 0 Å². The molecule has 0 spiro atoms. The SMILES string of the molecule is NCCC/C=C/C1=CC1. The van der Waals surface area contributed by atoms with Crippen molar-refractivity contribution in [2.24, 2.45) is 5.73 Å². The number of allylic oxidation sites excluding steroid dienone is 4. The minimum absolute atomic E-state index is 0.809. The van der Waals surface area contributed by atoms with Gasteiger partial charge in [0.05, 0.1) is 0 Å². The maximum Gasteiger partial charge on any atom is -0.00743 e. The molecular weight excluding hydrogens is 110 g/mol. The third-order valence-electron chi connectivity index (χ3n) is 1.35. The van der Waals surface area contributed by atoms with Crippen molar-refractivity contribution in [2.45, 2.75) is 19.3 Å². The molecule has 0 amide bonds. The highest BCUT2D eigenvalue weighted by molar-refractivity contribution is 5.33. The lowest BCUT2D eigenvalue weighted by Gasteiger charge is -1.85. The molecule has 1 aliphatic rings. The van der Waals surface area contributed by atoms with Crippen molar-refractivity contribution in [1.82, 2.24) is 0 Å². The molecule has 1 aliphatic carbocycles. The second-order valence-electron chi connectivity index (χ2n) is 2.32. The maximum atomic E-state index is 5.31. The third-order valence-corrected chi connectivity index (χ3v) is 1.35. The summed E-state index contributed by atoms with van der Waals surface area (Å²) >= 11 is 0. The van der Waals surface area contributed by atoms with Gasteiger partial charge >= 0.3 is 0 Å². The molecule has 0 aromatic heterocycles. The fraction of sp³-hybridized carbons (Fsp3) is 0.500. The van der Waals surface area contributed by atoms with Crippen molar-refractivity contribution in [3.05, 3.63) is 23.8 Å². The van der Waals surface area contributed by atoms with E-state index in [2.05, 4.69) is 18.2 Å². The molecule has 1 heteroatoms. The molecule has 0 heterocycles. The zero-order valence-electron chi connectivity index (χ0n) is 5.64. The second-order valence-corrected chi connectivity index (χ2v) is 2.32. The Morgan fingerprint density at radius 1 is 1.67 bits per heavy atom. The van der Waals surface area contributed by atoms with Crippen LogP contribution in [0, 0.1) is 0 Å². The summed E-state index contributed by atoms with van der Waals surface area (Å²) in [5, 5.41) is 0. The minimum Gasteiger partial charge on any atom is -0.330 e. The van der Waals surface area contributed by atoms with E-state index in [9.17, 15) is 0 Å². The van der Waals surface area contributed by atoms with E-state index in [1.165, 1.54) is 12.0 Å². The van der Waals surface area contributed by atoms with Crippen LogP contribution in [0.4, 0.5) is 0 Å². The van der Waals surface area contributed by atoms with Crippen LogP contribution in [-0.4, -0.2) is 6.54 Å². The van der Waals surface area contributed by atoms with Gasteiger partial charge in [0.2, 0.25) is 0 Å². The number of hydrogen-bond donors (Lipinski definition) is 1. The first-order chi connectivity index (χ1) is 4.43. The molecule has 0 unspecified atom stereocenters. The highest BCUT2D eigenvalue weighted by Gasteiger charge is 1.99. The largest absolute Gasteiger partial charge is 0.330 e. The first kappa shape index (κ1) is 6.56. The summed E-state index contributed by atoms with van der Waals surface area (Å²) in [6.45, 7) is 0.809. The van der Waals surface area contributed by atoms with Crippen molar-refractivity contribution in [3.8, 4) is 0 Å². The highest BCUT2D eigenvalue weighted by Crippen LogP contribution is 2.19. The lowest BCUT2D eigenvalue weighted by Crippen LogP contribution is -1.96. The number of rotatable bonds is 4. The molecule has 1 rings (SSSR count). The van der Waals surface area contributed by atoms with Crippen molar-refractivity contribution in [3.63, 3.8) is 0 Å². The third kappa shape index (κ3) is 3.09. The van der Waals surface area contributed by atoms with Crippen LogP contribution >= 0.6 is 0 Å². The lowest BCUT2D eigenvalue weighted by atomic mass is 10.3. The Balaban J connectivity index is 1.96. The Morgan fingerprint density at radius 3 is 3.00 bits per heavy atom. The summed E-state index contributed by atoms with van der Waals surface area (Å²) in [5.41, 5.74) is 6.79. The molecule has 9 heavy (non-hydrogen) atoms. The molecule has 0 aromatic rings. The summed E-state index contributed by atoms with van der Waals surface area (Å²) < 4.78 is 0. The van der Waals surface area contributed by atoms with Crippen LogP contribution in [-0.2, 0) is 0 Å². The predicted octanol–water partition coefficient (Wildman–Crippen LogP) is 1.61. The number of nitrogens with two attached hydrogens (primary N) is 1. The van der Waals surface area contributed by atoms with Gasteiger partial charge in [-0.2, -0.15) is 0 Å². The average Bonchev–Trinajstić information content (AvgIpc) is 2.63. The molecule has 0 aliphatic heterocycles. The number of hydrogen-bond acceptors (Lipinski definition) is 1. The highest BCUT2D eigenvalue weighted by atomic mass is 14.5. The van der Waals surface area contributed by atoms with Gasteiger partial charge in [0.1, 0.15) is 0 Å². The van der Waals surface area contributed by atoms with E-state index < -0.39 is 0 Å². The Labute approximate surface area is 56.2 Å². The zero-order valence-corrected chi connectivity index (χ0v) is 5.64. The van der Waals surface area contributed by atoms with E-state index in [1.54, 1.807) is 0 Å². The van der Waals surface area contributed by atoms with Gasteiger partial charge < -0.3 is 5.73 Å². The van der Waals surface area contributed by atoms with Crippen molar-refractivity contribution in [1.29, 1.82) is 0 Å². The van der Waals surface area contributed by atoms with Gasteiger partial charge in [0.15, 0.2) is 0 Å². The van der Waals surface area contributed by atoms with Gasteiger partial charge in [0.25, 0.3) is 0 Å². The van der Waals surface area contributed by atoms with Crippen molar-refractivity contribution in [2.75, 3.05) is 6.54 Å². The second kappa shape index (κ2) is 3.46. The Morgan fingerprint density at radius 2 is 2.44 bits per heavy atom. The minimum atomic E-state index is 0.809. The molecule has 0 aromatic carbocycles. The fourth-order valence-corrected chi connectivity index (χ4v) is 0.665. The summed E-state index contributed by atoms with van der Waals surface area (Å²) in [5.74, 6) is 0. The van der Waals surface area contributed by atoms with E-state index in [4.69, 9.17) is 5.73 Å². The summed E-state index contributed by atoms with van der Waals surface area (Å²) in [6.07, 6.45) is 10.1. The Bertz CT molecular complexity index is 134. The normalized spacial score (nSPS) is 16.3. The Hall–Kier alpha value is -0.560. The predicted molar refractivity (Wildman–Crippen MR) is 40.1 cm³/mol. The van der Waals surface area contributed by atoms with E-state index in [-0.39, 0.29) is 0 Å². The van der Waals surface area contributed by atoms with Gasteiger partial charge in [-0.3, -0.25) is 0 Å². The Kier molecular flexibility index (Phi) is 2.52.